The summed E-state index contributed by atoms with van der Waals surface area (Å²) < 4.78 is 34.6. The van der Waals surface area contributed by atoms with Gasteiger partial charge >= 0.3 is 5.97 Å². The van der Waals surface area contributed by atoms with E-state index in [1.807, 2.05) is 21.1 Å². The molecule has 0 amide bonds. The molecule has 0 fully saturated rings. The van der Waals surface area contributed by atoms with Gasteiger partial charge in [-0.1, -0.05) is 147 Å². The van der Waals surface area contributed by atoms with Gasteiger partial charge in [-0.3, -0.25) is 9.36 Å². The smallest absolute Gasteiger partial charge is 0.306 e. The van der Waals surface area contributed by atoms with Crippen LogP contribution in [0.5, 0.6) is 0 Å². The van der Waals surface area contributed by atoms with E-state index in [1.165, 1.54) is 103 Å². The second-order valence-electron chi connectivity index (χ2n) is 15.3. The third kappa shape index (κ3) is 39.9. The zero-order valence-corrected chi connectivity index (χ0v) is 35.4. The molecule has 0 aliphatic rings. The van der Waals surface area contributed by atoms with E-state index in [1.54, 1.807) is 0 Å². The Morgan fingerprint density at radius 3 is 1.63 bits per heavy atom. The number of hydrogen-bond donors (Lipinski definition) is 0. The first-order valence-corrected chi connectivity index (χ1v) is 22.7. The lowest BCUT2D eigenvalue weighted by molar-refractivity contribution is -0.870. The largest absolute Gasteiger partial charge is 0.756 e. The lowest BCUT2D eigenvalue weighted by Crippen LogP contribution is -2.37. The highest BCUT2D eigenvalue weighted by Crippen LogP contribution is 2.38. The van der Waals surface area contributed by atoms with Gasteiger partial charge in [-0.15, -0.1) is 0 Å². The van der Waals surface area contributed by atoms with Crippen molar-refractivity contribution in [1.29, 1.82) is 0 Å². The van der Waals surface area contributed by atoms with E-state index >= 15 is 0 Å². The van der Waals surface area contributed by atoms with E-state index in [2.05, 4.69) is 50.3 Å². The number of quaternary nitrogens is 1. The van der Waals surface area contributed by atoms with Crippen LogP contribution in [0.3, 0.4) is 0 Å². The summed E-state index contributed by atoms with van der Waals surface area (Å²) in [6.07, 6.45) is 40.9. The lowest BCUT2D eigenvalue weighted by Gasteiger charge is -2.28. The average Bonchev–Trinajstić information content (AvgIpc) is 3.09. The minimum atomic E-state index is -4.51. The van der Waals surface area contributed by atoms with Crippen LogP contribution in [-0.2, 0) is 27.9 Å². The number of ether oxygens (including phenoxy) is 2. The number of likely N-dealkylation sites (N-methyl/N-ethyl adjacent to an activating group) is 1. The molecule has 0 radical (unpaired) electrons. The van der Waals surface area contributed by atoms with Crippen LogP contribution in [0.2, 0.25) is 0 Å². The number of allylic oxidation sites excluding steroid dienone is 6. The maximum atomic E-state index is 12.6. The number of phosphoric acid groups is 1. The molecule has 0 aliphatic carbocycles. The molecule has 0 heterocycles. The van der Waals surface area contributed by atoms with Gasteiger partial charge in [0.2, 0.25) is 0 Å². The highest BCUT2D eigenvalue weighted by molar-refractivity contribution is 7.45. The van der Waals surface area contributed by atoms with E-state index in [9.17, 15) is 14.3 Å². The SMILES string of the molecule is CCCCC/C=C/C/C=C/C/C=C/CCCCC(=O)OC(CCOCCCCCCCCCCCCCCCC)COP(=O)([O-])OCC[N+](C)(C)C. The fourth-order valence-corrected chi connectivity index (χ4v) is 6.32. The van der Waals surface area contributed by atoms with E-state index in [-0.39, 0.29) is 25.6 Å². The molecular weight excluding hydrogens is 673 g/mol. The molecule has 0 rings (SSSR count). The van der Waals surface area contributed by atoms with Crippen molar-refractivity contribution in [2.75, 3.05) is 54.1 Å². The zero-order chi connectivity index (χ0) is 38.4. The van der Waals surface area contributed by atoms with Crippen molar-refractivity contribution in [1.82, 2.24) is 0 Å². The van der Waals surface area contributed by atoms with Gasteiger partial charge < -0.3 is 27.9 Å². The Labute approximate surface area is 321 Å². The fourth-order valence-electron chi connectivity index (χ4n) is 5.60. The van der Waals surface area contributed by atoms with Gasteiger partial charge in [-0.2, -0.15) is 0 Å². The minimum Gasteiger partial charge on any atom is -0.756 e. The molecule has 0 aromatic rings. The third-order valence-electron chi connectivity index (χ3n) is 8.97. The van der Waals surface area contributed by atoms with Gasteiger partial charge in [-0.25, -0.2) is 0 Å². The third-order valence-corrected chi connectivity index (χ3v) is 9.94. The molecule has 0 aromatic heterocycles. The summed E-state index contributed by atoms with van der Waals surface area (Å²) in [7, 11) is 1.36. The number of unbranched alkanes of at least 4 members (excludes halogenated alkanes) is 18. The summed E-state index contributed by atoms with van der Waals surface area (Å²) in [6.45, 7) is 5.79. The highest BCUT2D eigenvalue weighted by Gasteiger charge is 2.20. The average molecular weight is 756 g/mol. The molecule has 2 atom stereocenters. The quantitative estimate of drug-likeness (QED) is 0.0203. The molecule has 0 aliphatic heterocycles. The van der Waals surface area contributed by atoms with E-state index in [0.717, 1.165) is 38.5 Å². The lowest BCUT2D eigenvalue weighted by atomic mass is 10.0. The summed E-state index contributed by atoms with van der Waals surface area (Å²) in [6, 6.07) is 0. The van der Waals surface area contributed by atoms with Crippen LogP contribution in [0.4, 0.5) is 0 Å². The van der Waals surface area contributed by atoms with Crippen LogP contribution >= 0.6 is 7.82 Å². The monoisotopic (exact) mass is 756 g/mol. The predicted molar refractivity (Wildman–Crippen MR) is 217 cm³/mol. The Kier molecular flexibility index (Phi) is 35.8. The van der Waals surface area contributed by atoms with Crippen LogP contribution in [0, 0.1) is 0 Å². The van der Waals surface area contributed by atoms with Crippen molar-refractivity contribution >= 4 is 13.8 Å². The molecule has 0 N–H and O–H groups in total. The fraction of sp³-hybridized carbons (Fsp3) is 0.837. The van der Waals surface area contributed by atoms with Crippen LogP contribution < -0.4 is 4.89 Å². The molecule has 0 aromatic carbocycles. The topological polar surface area (TPSA) is 94.1 Å². The Hall–Kier alpha value is -1.28. The molecule has 9 heteroatoms. The van der Waals surface area contributed by atoms with E-state index in [0.29, 0.717) is 37.1 Å². The van der Waals surface area contributed by atoms with Gasteiger partial charge in [0.1, 0.15) is 19.3 Å². The Balaban J connectivity index is 4.31. The standard InChI is InChI=1S/C43H82NO7P/c1-6-8-10-12-14-16-18-20-22-23-25-27-29-31-33-35-43(45)51-42(41-50-52(46,47)49-40-37-44(3,4)5)36-39-48-38-34-32-30-28-26-24-21-19-17-15-13-11-9-7-2/h14,16,20,22,25,27,42H,6-13,15,17-19,21,23-24,26,28-41H2,1-5H3/b16-14+,22-20+,27-25+. The normalized spacial score (nSPS) is 14.2. The van der Waals surface area contributed by atoms with Crippen LogP contribution in [0.1, 0.15) is 174 Å². The summed E-state index contributed by atoms with van der Waals surface area (Å²) >= 11 is 0. The zero-order valence-electron chi connectivity index (χ0n) is 34.5. The van der Waals surface area contributed by atoms with Crippen molar-refractivity contribution in [3.8, 4) is 0 Å². The van der Waals surface area contributed by atoms with E-state index in [4.69, 9.17) is 18.5 Å². The molecule has 52 heavy (non-hydrogen) atoms. The number of hydrogen-bond acceptors (Lipinski definition) is 7. The molecule has 0 saturated heterocycles. The van der Waals surface area contributed by atoms with Crippen molar-refractivity contribution < 1.29 is 37.3 Å². The first-order chi connectivity index (χ1) is 25.1. The second-order valence-corrected chi connectivity index (χ2v) is 16.7. The molecular formula is C43H82NO7P. The Morgan fingerprint density at radius 2 is 1.10 bits per heavy atom. The molecule has 0 bridgehead atoms. The van der Waals surface area contributed by atoms with Crippen molar-refractivity contribution in [2.24, 2.45) is 0 Å². The maximum absolute atomic E-state index is 12.6. The first-order valence-electron chi connectivity index (χ1n) is 21.2. The van der Waals surface area contributed by atoms with Crippen molar-refractivity contribution in [2.45, 2.75) is 180 Å². The van der Waals surface area contributed by atoms with Crippen LogP contribution in [-0.4, -0.2) is 70.7 Å². The maximum Gasteiger partial charge on any atom is 0.306 e. The summed E-state index contributed by atoms with van der Waals surface area (Å²) in [5, 5.41) is 0. The van der Waals surface area contributed by atoms with Gasteiger partial charge in [0, 0.05) is 19.4 Å². The number of carbonyl (C=O) groups is 1. The minimum absolute atomic E-state index is 0.0261. The molecule has 2 unspecified atom stereocenters. The van der Waals surface area contributed by atoms with Crippen LogP contribution in [0.25, 0.3) is 0 Å². The van der Waals surface area contributed by atoms with Crippen molar-refractivity contribution in [3.05, 3.63) is 36.5 Å². The number of phosphoric ester groups is 1. The molecule has 8 nitrogen and oxygen atoms in total. The van der Waals surface area contributed by atoms with Gasteiger partial charge in [-0.05, 0) is 51.4 Å². The number of rotatable bonds is 39. The van der Waals surface area contributed by atoms with Gasteiger partial charge in [0.05, 0.1) is 34.4 Å². The molecule has 306 valence electrons. The second kappa shape index (κ2) is 36.7. The summed E-state index contributed by atoms with van der Waals surface area (Å²) in [5.74, 6) is -0.345. The Morgan fingerprint density at radius 1 is 0.615 bits per heavy atom. The Bertz CT molecular complexity index is 931. The van der Waals surface area contributed by atoms with Crippen LogP contribution in [0.15, 0.2) is 36.5 Å². The predicted octanol–water partition coefficient (Wildman–Crippen LogP) is 11.6. The molecule has 0 saturated carbocycles. The highest BCUT2D eigenvalue weighted by atomic mass is 31.2. The summed E-state index contributed by atoms with van der Waals surface area (Å²) in [4.78, 5) is 25.0. The van der Waals surface area contributed by atoms with E-state index < -0.39 is 13.9 Å². The van der Waals surface area contributed by atoms with Gasteiger partial charge in [0.25, 0.3) is 7.82 Å². The molecule has 0 spiro atoms. The van der Waals surface area contributed by atoms with Crippen molar-refractivity contribution in [3.63, 3.8) is 0 Å². The van der Waals surface area contributed by atoms with Gasteiger partial charge in [0.15, 0.2) is 0 Å². The number of esters is 1. The number of nitrogens with zero attached hydrogens (tertiary/aromatic N) is 1. The number of carbonyl (C=O) groups excluding carboxylic acids is 1. The first kappa shape index (κ1) is 50.7. The summed E-state index contributed by atoms with van der Waals surface area (Å²) in [5.41, 5.74) is 0.